The number of hydrogen-bond acceptors (Lipinski definition) is 2. The Balaban J connectivity index is 2.58. The number of aryl methyl sites for hydroxylation is 1. The van der Waals surface area contributed by atoms with Crippen LogP contribution in [0.2, 0.25) is 0 Å². The van der Waals surface area contributed by atoms with Crippen molar-refractivity contribution in [3.05, 3.63) is 35.4 Å². The van der Waals surface area contributed by atoms with Crippen molar-refractivity contribution in [2.75, 3.05) is 6.61 Å². The van der Waals surface area contributed by atoms with Gasteiger partial charge in [0.25, 0.3) is 0 Å². The molecule has 1 rings (SSSR count). The van der Waals surface area contributed by atoms with Crippen molar-refractivity contribution < 1.29 is 4.84 Å². The van der Waals surface area contributed by atoms with Gasteiger partial charge in [0.1, 0.15) is 6.21 Å². The molecule has 0 aliphatic rings. The van der Waals surface area contributed by atoms with E-state index in [4.69, 9.17) is 11.3 Å². The second-order valence-electron chi connectivity index (χ2n) is 2.73. The van der Waals surface area contributed by atoms with Crippen LogP contribution in [-0.4, -0.2) is 12.8 Å². The largest absolute Gasteiger partial charge is 0.382 e. The molecule has 0 fully saturated rings. The summed E-state index contributed by atoms with van der Waals surface area (Å²) in [4.78, 5) is 4.74. The van der Waals surface area contributed by atoms with Gasteiger partial charge in [-0.25, -0.2) is 0 Å². The number of terminal acetylenes is 1. The summed E-state index contributed by atoms with van der Waals surface area (Å²) >= 11 is 0. The summed E-state index contributed by atoms with van der Waals surface area (Å²) in [5, 5.41) is 3.61. The Morgan fingerprint density at radius 3 is 3.07 bits per heavy atom. The molecule has 0 aromatic heterocycles. The minimum Gasteiger partial charge on any atom is -0.382 e. The van der Waals surface area contributed by atoms with E-state index in [9.17, 15) is 0 Å². The van der Waals surface area contributed by atoms with Crippen LogP contribution in [0.4, 0.5) is 0 Å². The molecule has 0 heterocycles. The number of hydrogen-bond donors (Lipinski definition) is 0. The van der Waals surface area contributed by atoms with Gasteiger partial charge in [-0.15, -0.1) is 6.42 Å². The fourth-order valence-electron chi connectivity index (χ4n) is 1.02. The van der Waals surface area contributed by atoms with Gasteiger partial charge in [-0.2, -0.15) is 0 Å². The molecule has 2 nitrogen and oxygen atoms in total. The van der Waals surface area contributed by atoms with Crippen LogP contribution < -0.4 is 0 Å². The average Bonchev–Trinajstić information content (AvgIpc) is 2.25. The third kappa shape index (κ3) is 3.32. The number of rotatable bonds is 4. The van der Waals surface area contributed by atoms with Crippen LogP contribution in [0.5, 0.6) is 0 Å². The molecule has 0 spiro atoms. The first-order valence-corrected chi connectivity index (χ1v) is 4.47. The van der Waals surface area contributed by atoms with Crippen LogP contribution in [0.1, 0.15) is 18.1 Å². The quantitative estimate of drug-likeness (QED) is 0.305. The molecule has 1 radical (unpaired) electrons. The highest BCUT2D eigenvalue weighted by molar-refractivity contribution is 5.79. The van der Waals surface area contributed by atoms with E-state index in [2.05, 4.69) is 30.3 Å². The van der Waals surface area contributed by atoms with Gasteiger partial charge in [0.05, 0.1) is 0 Å². The molecule has 0 saturated carbocycles. The molecule has 0 aliphatic carbocycles. The Bertz CT molecular complexity index is 350. The fraction of sp³-hybridized carbons (Fsp3) is 0.250. The summed E-state index contributed by atoms with van der Waals surface area (Å²) < 4.78 is 0. The van der Waals surface area contributed by atoms with E-state index in [0.29, 0.717) is 0 Å². The zero-order valence-corrected chi connectivity index (χ0v) is 8.16. The first-order chi connectivity index (χ1) is 6.86. The summed E-state index contributed by atoms with van der Waals surface area (Å²) in [6.07, 6.45) is 8.75. The maximum atomic E-state index is 4.99. The van der Waals surface area contributed by atoms with Gasteiger partial charge in [-0.3, -0.25) is 0 Å². The Hall–Kier alpha value is -1.75. The number of benzene rings is 1. The smallest absolute Gasteiger partial charge is 0.177 e. The highest BCUT2D eigenvalue weighted by Crippen LogP contribution is 2.03. The monoisotopic (exact) mass is 186 g/mol. The zero-order valence-electron chi connectivity index (χ0n) is 8.16. The molecule has 1 aromatic rings. The summed E-state index contributed by atoms with van der Waals surface area (Å²) in [5.74, 6) is 2.32. The van der Waals surface area contributed by atoms with E-state index in [1.165, 1.54) is 5.56 Å². The van der Waals surface area contributed by atoms with Crippen molar-refractivity contribution >= 4 is 6.21 Å². The third-order valence-corrected chi connectivity index (χ3v) is 1.72. The van der Waals surface area contributed by atoms with Crippen molar-refractivity contribution in [1.29, 1.82) is 0 Å². The van der Waals surface area contributed by atoms with E-state index in [-0.39, 0.29) is 6.61 Å². The van der Waals surface area contributed by atoms with Gasteiger partial charge in [-0.1, -0.05) is 36.2 Å². The van der Waals surface area contributed by atoms with Crippen molar-refractivity contribution in [2.45, 2.75) is 13.3 Å². The lowest BCUT2D eigenvalue weighted by atomic mass is 10.1. The van der Waals surface area contributed by atoms with Crippen molar-refractivity contribution in [3.63, 3.8) is 0 Å². The first-order valence-electron chi connectivity index (χ1n) is 4.47. The van der Waals surface area contributed by atoms with Gasteiger partial charge >= 0.3 is 0 Å². The summed E-state index contributed by atoms with van der Waals surface area (Å²) in [7, 11) is 0. The van der Waals surface area contributed by atoms with Crippen LogP contribution in [-0.2, 0) is 11.3 Å². The standard InChI is InChI=1S/C12H12NO/c1-3-8-14-13-10-12-7-5-6-11(4-2)9-12/h1,5-7,9H,4,8H2,2H3. The van der Waals surface area contributed by atoms with Gasteiger partial charge < -0.3 is 4.84 Å². The van der Waals surface area contributed by atoms with Gasteiger partial charge in [0, 0.05) is 5.56 Å². The second kappa shape index (κ2) is 5.82. The van der Waals surface area contributed by atoms with E-state index in [0.717, 1.165) is 12.0 Å². The van der Waals surface area contributed by atoms with Crippen LogP contribution in [0.3, 0.4) is 0 Å². The Morgan fingerprint density at radius 1 is 1.50 bits per heavy atom. The Morgan fingerprint density at radius 2 is 2.36 bits per heavy atom. The van der Waals surface area contributed by atoms with Crippen LogP contribution >= 0.6 is 0 Å². The maximum Gasteiger partial charge on any atom is 0.177 e. The second-order valence-corrected chi connectivity index (χ2v) is 2.73. The van der Waals surface area contributed by atoms with E-state index < -0.39 is 0 Å². The Labute approximate surface area is 84.6 Å². The lowest BCUT2D eigenvalue weighted by Crippen LogP contribution is -1.87. The van der Waals surface area contributed by atoms with Crippen molar-refractivity contribution in [2.24, 2.45) is 5.16 Å². The lowest BCUT2D eigenvalue weighted by molar-refractivity contribution is 0.181. The molecule has 14 heavy (non-hydrogen) atoms. The van der Waals surface area contributed by atoms with Gasteiger partial charge in [0.15, 0.2) is 6.61 Å². The maximum absolute atomic E-state index is 4.99. The highest BCUT2D eigenvalue weighted by atomic mass is 16.6. The summed E-state index contributed by atoms with van der Waals surface area (Å²) in [5.41, 5.74) is 2.16. The zero-order chi connectivity index (χ0) is 10.2. The highest BCUT2D eigenvalue weighted by Gasteiger charge is 1.91. The summed E-state index contributed by atoms with van der Waals surface area (Å²) in [6.45, 7) is 2.28. The molecule has 0 bridgehead atoms. The molecule has 0 N–H and O–H groups in total. The molecule has 0 atom stereocenters. The predicted molar refractivity (Wildman–Crippen MR) is 57.1 cm³/mol. The molecule has 71 valence electrons. The molecular weight excluding hydrogens is 174 g/mol. The van der Waals surface area contributed by atoms with E-state index in [1.807, 2.05) is 18.2 Å². The van der Waals surface area contributed by atoms with Crippen LogP contribution in [0, 0.1) is 12.3 Å². The van der Waals surface area contributed by atoms with Gasteiger partial charge in [-0.05, 0) is 18.1 Å². The third-order valence-electron chi connectivity index (χ3n) is 1.72. The molecule has 1 aromatic carbocycles. The average molecular weight is 186 g/mol. The number of nitrogens with zero attached hydrogens (tertiary/aromatic N) is 1. The first kappa shape index (κ1) is 10.3. The van der Waals surface area contributed by atoms with E-state index >= 15 is 0 Å². The van der Waals surface area contributed by atoms with Crippen LogP contribution in [0.25, 0.3) is 0 Å². The Kier molecular flexibility index (Phi) is 4.30. The molecule has 0 saturated heterocycles. The predicted octanol–water partition coefficient (Wildman–Crippen LogP) is 2.11. The fourth-order valence-corrected chi connectivity index (χ4v) is 1.02. The van der Waals surface area contributed by atoms with E-state index in [1.54, 1.807) is 0 Å². The molecule has 0 amide bonds. The van der Waals surface area contributed by atoms with Crippen molar-refractivity contribution in [3.8, 4) is 12.3 Å². The molecule has 0 aliphatic heterocycles. The SMILES string of the molecule is C#CCON=[C]c1cccc(CC)c1. The molecular formula is C12H12NO. The van der Waals surface area contributed by atoms with Gasteiger partial charge in [0.2, 0.25) is 0 Å². The molecule has 0 unspecified atom stereocenters. The van der Waals surface area contributed by atoms with Crippen molar-refractivity contribution in [1.82, 2.24) is 0 Å². The lowest BCUT2D eigenvalue weighted by Gasteiger charge is -1.96. The minimum absolute atomic E-state index is 0.181. The summed E-state index contributed by atoms with van der Waals surface area (Å²) in [6, 6.07) is 7.97. The molecule has 2 heteroatoms. The topological polar surface area (TPSA) is 21.6 Å². The normalized spacial score (nSPS) is 10.0. The van der Waals surface area contributed by atoms with Crippen LogP contribution in [0.15, 0.2) is 29.4 Å². The minimum atomic E-state index is 0.181.